The van der Waals surface area contributed by atoms with E-state index in [1.807, 2.05) is 72.2 Å². The fourth-order valence-electron chi connectivity index (χ4n) is 3.32. The van der Waals surface area contributed by atoms with Crippen LogP contribution in [-0.2, 0) is 6.54 Å². The van der Waals surface area contributed by atoms with E-state index in [9.17, 15) is 9.59 Å². The summed E-state index contributed by atoms with van der Waals surface area (Å²) in [5.74, 6) is 0.634. The van der Waals surface area contributed by atoms with Crippen molar-refractivity contribution in [2.75, 3.05) is 10.6 Å². The molecule has 0 aliphatic heterocycles. The van der Waals surface area contributed by atoms with Crippen LogP contribution < -0.4 is 16.0 Å². The maximum absolute atomic E-state index is 12.4. The van der Waals surface area contributed by atoms with Gasteiger partial charge in [0.1, 0.15) is 5.82 Å². The molecule has 0 unspecified atom stereocenters. The predicted molar refractivity (Wildman–Crippen MR) is 125 cm³/mol. The fraction of sp³-hybridized carbons (Fsp3) is 0.0800. The van der Waals surface area contributed by atoms with E-state index in [1.165, 1.54) is 0 Å². The first-order valence-electron chi connectivity index (χ1n) is 10.2. The summed E-state index contributed by atoms with van der Waals surface area (Å²) in [7, 11) is 0. The Bertz CT molecular complexity index is 1200. The number of carbonyl (C=O) groups is 2. The van der Waals surface area contributed by atoms with Crippen LogP contribution in [0.15, 0.2) is 91.1 Å². The molecule has 0 aliphatic rings. The second-order valence-corrected chi connectivity index (χ2v) is 7.17. The van der Waals surface area contributed by atoms with Gasteiger partial charge in [-0.1, -0.05) is 36.4 Å². The summed E-state index contributed by atoms with van der Waals surface area (Å²) in [6.45, 7) is 2.24. The first-order chi connectivity index (χ1) is 15.6. The van der Waals surface area contributed by atoms with E-state index in [1.54, 1.807) is 30.5 Å². The summed E-state index contributed by atoms with van der Waals surface area (Å²) in [6.07, 6.45) is 1.75. The monoisotopic (exact) mass is 425 g/mol. The molecule has 0 saturated carbocycles. The van der Waals surface area contributed by atoms with Crippen molar-refractivity contribution in [1.82, 2.24) is 14.9 Å². The Kier molecular flexibility index (Phi) is 6.27. The lowest BCUT2D eigenvalue weighted by molar-refractivity contribution is 0.102. The van der Waals surface area contributed by atoms with Crippen LogP contribution >= 0.6 is 0 Å². The van der Waals surface area contributed by atoms with Gasteiger partial charge in [0.15, 0.2) is 0 Å². The highest BCUT2D eigenvalue weighted by Gasteiger charge is 2.11. The number of hydrogen-bond acceptors (Lipinski definition) is 3. The number of nitrogens with one attached hydrogen (secondary N) is 3. The number of rotatable bonds is 6. The van der Waals surface area contributed by atoms with E-state index in [2.05, 4.69) is 20.9 Å². The minimum Gasteiger partial charge on any atom is -0.332 e. The van der Waals surface area contributed by atoms with Crippen LogP contribution in [0.4, 0.5) is 16.2 Å². The van der Waals surface area contributed by atoms with Crippen molar-refractivity contribution in [2.24, 2.45) is 0 Å². The van der Waals surface area contributed by atoms with Gasteiger partial charge in [0.25, 0.3) is 5.91 Å². The maximum atomic E-state index is 12.4. The van der Waals surface area contributed by atoms with E-state index in [0.29, 0.717) is 17.8 Å². The van der Waals surface area contributed by atoms with Crippen molar-refractivity contribution in [3.05, 3.63) is 108 Å². The Morgan fingerprint density at radius 1 is 0.812 bits per heavy atom. The number of amides is 3. The Labute approximate surface area is 186 Å². The molecule has 3 amide bonds. The Morgan fingerprint density at radius 2 is 1.44 bits per heavy atom. The summed E-state index contributed by atoms with van der Waals surface area (Å²) in [5.41, 5.74) is 3.68. The number of urea groups is 1. The molecule has 32 heavy (non-hydrogen) atoms. The third kappa shape index (κ3) is 5.02. The summed E-state index contributed by atoms with van der Waals surface area (Å²) in [6, 6.07) is 25.5. The van der Waals surface area contributed by atoms with Gasteiger partial charge in [-0.05, 0) is 55.5 Å². The number of imidazole rings is 1. The molecule has 0 aliphatic carbocycles. The molecule has 4 rings (SSSR count). The fourth-order valence-corrected chi connectivity index (χ4v) is 3.32. The quantitative estimate of drug-likeness (QED) is 0.416. The van der Waals surface area contributed by atoms with E-state index in [4.69, 9.17) is 0 Å². The lowest BCUT2D eigenvalue weighted by Crippen LogP contribution is -2.29. The lowest BCUT2D eigenvalue weighted by atomic mass is 10.2. The zero-order valence-electron chi connectivity index (χ0n) is 17.6. The number of hydrogen-bond donors (Lipinski definition) is 3. The zero-order valence-corrected chi connectivity index (χ0v) is 17.6. The van der Waals surface area contributed by atoms with Gasteiger partial charge in [-0.3, -0.25) is 9.36 Å². The molecule has 3 aromatic carbocycles. The van der Waals surface area contributed by atoms with Crippen molar-refractivity contribution < 1.29 is 9.59 Å². The van der Waals surface area contributed by atoms with Crippen LogP contribution in [0.3, 0.4) is 0 Å². The summed E-state index contributed by atoms with van der Waals surface area (Å²) in [5, 5.41) is 8.46. The highest BCUT2D eigenvalue weighted by atomic mass is 16.2. The molecule has 3 N–H and O–H groups in total. The molecule has 0 radical (unpaired) electrons. The van der Waals surface area contributed by atoms with Crippen LogP contribution in [0.25, 0.3) is 5.69 Å². The number of para-hydroxylation sites is 2. The smallest absolute Gasteiger partial charge is 0.319 e. The largest absolute Gasteiger partial charge is 0.332 e. The van der Waals surface area contributed by atoms with Gasteiger partial charge < -0.3 is 16.0 Å². The number of aryl methyl sites for hydroxylation is 1. The Morgan fingerprint density at radius 3 is 2.12 bits per heavy atom. The normalized spacial score (nSPS) is 10.4. The molecular formula is C25H23N5O2. The van der Waals surface area contributed by atoms with Crippen molar-refractivity contribution >= 4 is 23.3 Å². The van der Waals surface area contributed by atoms with Crippen LogP contribution in [0.2, 0.25) is 0 Å². The number of nitrogens with zero attached hydrogens (tertiary/aromatic N) is 2. The van der Waals surface area contributed by atoms with E-state index in [-0.39, 0.29) is 11.9 Å². The highest BCUT2D eigenvalue weighted by Crippen LogP contribution is 2.15. The Balaban J connectivity index is 1.34. The van der Waals surface area contributed by atoms with E-state index in [0.717, 1.165) is 22.9 Å². The molecule has 0 fully saturated rings. The Hall–Kier alpha value is -4.39. The van der Waals surface area contributed by atoms with Crippen molar-refractivity contribution in [3.63, 3.8) is 0 Å². The molecule has 0 saturated heterocycles. The first-order valence-corrected chi connectivity index (χ1v) is 10.2. The van der Waals surface area contributed by atoms with Crippen LogP contribution in [-0.4, -0.2) is 21.5 Å². The van der Waals surface area contributed by atoms with Gasteiger partial charge in [-0.15, -0.1) is 0 Å². The average molecular weight is 425 g/mol. The molecule has 7 nitrogen and oxygen atoms in total. The summed E-state index contributed by atoms with van der Waals surface area (Å²) < 4.78 is 2.00. The molecule has 1 heterocycles. The number of benzene rings is 3. The van der Waals surface area contributed by atoms with Crippen LogP contribution in [0.1, 0.15) is 21.9 Å². The molecule has 7 heteroatoms. The second-order valence-electron chi connectivity index (χ2n) is 7.17. The van der Waals surface area contributed by atoms with Crippen molar-refractivity contribution in [2.45, 2.75) is 13.5 Å². The van der Waals surface area contributed by atoms with Crippen LogP contribution in [0.5, 0.6) is 0 Å². The molecule has 0 atom stereocenters. The molecule has 0 spiro atoms. The highest BCUT2D eigenvalue weighted by molar-refractivity contribution is 6.04. The van der Waals surface area contributed by atoms with Crippen molar-refractivity contribution in [3.8, 4) is 5.69 Å². The van der Waals surface area contributed by atoms with Gasteiger partial charge in [0, 0.05) is 22.6 Å². The maximum Gasteiger partial charge on any atom is 0.319 e. The van der Waals surface area contributed by atoms with Gasteiger partial charge in [-0.2, -0.15) is 0 Å². The molecule has 4 aromatic rings. The minimum atomic E-state index is -0.343. The third-order valence-corrected chi connectivity index (χ3v) is 4.89. The average Bonchev–Trinajstić information content (AvgIpc) is 3.19. The van der Waals surface area contributed by atoms with Crippen LogP contribution in [0, 0.1) is 6.92 Å². The summed E-state index contributed by atoms with van der Waals surface area (Å²) in [4.78, 5) is 29.1. The van der Waals surface area contributed by atoms with Gasteiger partial charge >= 0.3 is 6.03 Å². The minimum absolute atomic E-state index is 0.211. The number of aromatic nitrogens is 2. The van der Waals surface area contributed by atoms with Gasteiger partial charge in [0.05, 0.1) is 18.4 Å². The van der Waals surface area contributed by atoms with Gasteiger partial charge in [0.2, 0.25) is 0 Å². The SMILES string of the molecule is Cc1ncc(CNC(=O)Nc2ccc(C(=O)Nc3ccccc3)cc2)n1-c1ccccc1. The van der Waals surface area contributed by atoms with E-state index < -0.39 is 0 Å². The molecular weight excluding hydrogens is 402 g/mol. The first kappa shape index (κ1) is 20.9. The summed E-state index contributed by atoms with van der Waals surface area (Å²) >= 11 is 0. The molecule has 1 aromatic heterocycles. The van der Waals surface area contributed by atoms with E-state index >= 15 is 0 Å². The van der Waals surface area contributed by atoms with Gasteiger partial charge in [-0.25, -0.2) is 9.78 Å². The lowest BCUT2D eigenvalue weighted by Gasteiger charge is -2.12. The topological polar surface area (TPSA) is 88.1 Å². The molecule has 160 valence electrons. The zero-order chi connectivity index (χ0) is 22.3. The third-order valence-electron chi connectivity index (χ3n) is 4.89. The standard InChI is InChI=1S/C25H23N5O2/c1-18-26-16-23(30(18)22-10-6-3-7-11-22)17-27-25(32)29-21-14-12-19(13-15-21)24(31)28-20-8-4-2-5-9-20/h2-16H,17H2,1H3,(H,28,31)(H2,27,29,32). The number of carbonyl (C=O) groups excluding carboxylic acids is 2. The molecule has 0 bridgehead atoms. The predicted octanol–water partition coefficient (Wildman–Crippen LogP) is 4.75. The second kappa shape index (κ2) is 9.61. The number of anilines is 2. The van der Waals surface area contributed by atoms with Crippen molar-refractivity contribution in [1.29, 1.82) is 0 Å².